The van der Waals surface area contributed by atoms with Gasteiger partial charge in [-0.3, -0.25) is 9.59 Å². The molecule has 10 heteroatoms. The van der Waals surface area contributed by atoms with E-state index in [1.807, 2.05) is 6.92 Å². The Bertz CT molecular complexity index is 657. The van der Waals surface area contributed by atoms with Gasteiger partial charge in [0.2, 0.25) is 12.3 Å². The number of nitrogens with zero attached hydrogens (tertiary/aromatic N) is 3. The smallest absolute Gasteiger partial charge is 0.345 e. The van der Waals surface area contributed by atoms with Crippen molar-refractivity contribution in [1.29, 1.82) is 0 Å². The first-order valence-electron chi connectivity index (χ1n) is 7.44. The third-order valence-corrected chi connectivity index (χ3v) is 3.70. The summed E-state index contributed by atoms with van der Waals surface area (Å²) in [4.78, 5) is 37.4. The molecule has 0 aromatic carbocycles. The molecular formula is C14H19N3O7. The first kappa shape index (κ1) is 17.9. The Morgan fingerprint density at radius 2 is 1.92 bits per heavy atom. The average Bonchev–Trinajstić information content (AvgIpc) is 3.00. The monoisotopic (exact) mass is 341 g/mol. The van der Waals surface area contributed by atoms with Gasteiger partial charge in [-0.2, -0.15) is 4.57 Å². The SMILES string of the molecule is CCC1OC(n2c([N+](=O)[O-])cnc2C)C(OC(C)=O)C1OC(C)=O. The Hall–Kier alpha value is -2.49. The molecule has 0 bridgehead atoms. The van der Waals surface area contributed by atoms with Crippen LogP contribution in [-0.2, 0) is 23.8 Å². The lowest BCUT2D eigenvalue weighted by atomic mass is 10.1. The van der Waals surface area contributed by atoms with E-state index in [4.69, 9.17) is 14.2 Å². The van der Waals surface area contributed by atoms with Gasteiger partial charge in [-0.1, -0.05) is 6.92 Å². The van der Waals surface area contributed by atoms with Crippen molar-refractivity contribution < 1.29 is 28.7 Å². The van der Waals surface area contributed by atoms with E-state index < -0.39 is 41.4 Å². The zero-order valence-electron chi connectivity index (χ0n) is 13.8. The van der Waals surface area contributed by atoms with E-state index in [0.29, 0.717) is 12.2 Å². The minimum absolute atomic E-state index is 0.298. The number of hydrogen-bond acceptors (Lipinski definition) is 8. The predicted octanol–water partition coefficient (Wildman–Crippen LogP) is 1.27. The molecule has 2 heterocycles. The number of esters is 2. The molecule has 0 aliphatic carbocycles. The molecule has 2 rings (SSSR count). The highest BCUT2D eigenvalue weighted by atomic mass is 16.7. The fourth-order valence-electron chi connectivity index (χ4n) is 2.79. The molecule has 24 heavy (non-hydrogen) atoms. The number of ether oxygens (including phenoxy) is 3. The van der Waals surface area contributed by atoms with Crippen molar-refractivity contribution in [3.05, 3.63) is 22.1 Å². The Labute approximate surface area is 137 Å². The summed E-state index contributed by atoms with van der Waals surface area (Å²) >= 11 is 0. The summed E-state index contributed by atoms with van der Waals surface area (Å²) in [6.45, 7) is 5.82. The van der Waals surface area contributed by atoms with Gasteiger partial charge in [-0.05, 0) is 11.3 Å². The second kappa shape index (κ2) is 6.95. The highest BCUT2D eigenvalue weighted by molar-refractivity contribution is 5.67. The number of carbonyl (C=O) groups excluding carboxylic acids is 2. The molecule has 1 fully saturated rings. The van der Waals surface area contributed by atoms with Crippen LogP contribution in [-0.4, -0.2) is 44.7 Å². The molecule has 1 aromatic heterocycles. The quantitative estimate of drug-likeness (QED) is 0.445. The van der Waals surface area contributed by atoms with E-state index >= 15 is 0 Å². The molecule has 0 spiro atoms. The Kier molecular flexibility index (Phi) is 5.17. The first-order chi connectivity index (χ1) is 11.3. The standard InChI is InChI=1S/C14H19N3O7/c1-5-10-12(22-8(3)18)13(23-9(4)19)14(24-10)16-7(2)15-6-11(16)17(20)21/h6,10,12-14H,5H2,1-4H3. The van der Waals surface area contributed by atoms with Crippen LogP contribution >= 0.6 is 0 Å². The fourth-order valence-corrected chi connectivity index (χ4v) is 2.79. The maximum atomic E-state index is 11.5. The molecule has 4 unspecified atom stereocenters. The Morgan fingerprint density at radius 3 is 2.42 bits per heavy atom. The van der Waals surface area contributed by atoms with Crippen LogP contribution in [0.4, 0.5) is 5.82 Å². The molecule has 4 atom stereocenters. The van der Waals surface area contributed by atoms with Crippen molar-refractivity contribution in [2.45, 2.75) is 58.7 Å². The van der Waals surface area contributed by atoms with Crippen molar-refractivity contribution in [1.82, 2.24) is 9.55 Å². The number of rotatable bonds is 5. The molecule has 132 valence electrons. The highest BCUT2D eigenvalue weighted by Gasteiger charge is 2.53. The summed E-state index contributed by atoms with van der Waals surface area (Å²) in [5.41, 5.74) is 0. The molecule has 1 saturated heterocycles. The van der Waals surface area contributed by atoms with Crippen LogP contribution in [0.1, 0.15) is 39.2 Å². The number of hydrogen-bond donors (Lipinski definition) is 0. The first-order valence-corrected chi connectivity index (χ1v) is 7.44. The van der Waals surface area contributed by atoms with E-state index in [2.05, 4.69) is 4.98 Å². The van der Waals surface area contributed by atoms with Gasteiger partial charge < -0.3 is 24.3 Å². The maximum absolute atomic E-state index is 11.5. The van der Waals surface area contributed by atoms with Gasteiger partial charge in [-0.25, -0.2) is 4.98 Å². The molecule has 0 N–H and O–H groups in total. The topological polar surface area (TPSA) is 123 Å². The average molecular weight is 341 g/mol. The van der Waals surface area contributed by atoms with E-state index in [1.165, 1.54) is 18.4 Å². The van der Waals surface area contributed by atoms with E-state index in [1.54, 1.807) is 6.92 Å². The van der Waals surface area contributed by atoms with E-state index in [0.717, 1.165) is 6.20 Å². The van der Waals surface area contributed by atoms with Crippen LogP contribution in [0.3, 0.4) is 0 Å². The molecule has 1 aromatic rings. The molecule has 1 aliphatic heterocycles. The number of imidazole rings is 1. The van der Waals surface area contributed by atoms with Gasteiger partial charge in [0.05, 0.1) is 0 Å². The van der Waals surface area contributed by atoms with Gasteiger partial charge in [0, 0.05) is 20.8 Å². The normalized spacial score (nSPS) is 26.2. The third-order valence-electron chi connectivity index (χ3n) is 3.70. The Balaban J connectivity index is 2.47. The second-order valence-electron chi connectivity index (χ2n) is 5.41. The van der Waals surface area contributed by atoms with Crippen molar-refractivity contribution in [2.24, 2.45) is 0 Å². The lowest BCUT2D eigenvalue weighted by molar-refractivity contribution is -0.394. The number of nitro groups is 1. The highest BCUT2D eigenvalue weighted by Crippen LogP contribution is 2.38. The van der Waals surface area contributed by atoms with E-state index in [9.17, 15) is 19.7 Å². The minimum Gasteiger partial charge on any atom is -0.456 e. The van der Waals surface area contributed by atoms with Crippen LogP contribution in [0.5, 0.6) is 0 Å². The predicted molar refractivity (Wildman–Crippen MR) is 78.9 cm³/mol. The molecule has 0 amide bonds. The van der Waals surface area contributed by atoms with Crippen LogP contribution in [0.25, 0.3) is 0 Å². The van der Waals surface area contributed by atoms with Crippen molar-refractivity contribution in [3.63, 3.8) is 0 Å². The van der Waals surface area contributed by atoms with Gasteiger partial charge >= 0.3 is 17.8 Å². The maximum Gasteiger partial charge on any atom is 0.345 e. The van der Waals surface area contributed by atoms with Crippen LogP contribution in [0.2, 0.25) is 0 Å². The lowest BCUT2D eigenvalue weighted by Crippen LogP contribution is -2.39. The van der Waals surface area contributed by atoms with Crippen molar-refractivity contribution in [2.75, 3.05) is 0 Å². The van der Waals surface area contributed by atoms with Crippen LogP contribution < -0.4 is 0 Å². The van der Waals surface area contributed by atoms with Crippen LogP contribution in [0, 0.1) is 17.0 Å². The summed E-state index contributed by atoms with van der Waals surface area (Å²) in [5, 5.41) is 11.2. The summed E-state index contributed by atoms with van der Waals surface area (Å²) < 4.78 is 17.6. The van der Waals surface area contributed by atoms with Crippen molar-refractivity contribution in [3.8, 4) is 0 Å². The third kappa shape index (κ3) is 3.37. The molecular weight excluding hydrogens is 322 g/mol. The number of aryl methyl sites for hydroxylation is 1. The molecule has 0 radical (unpaired) electrons. The van der Waals surface area contributed by atoms with Crippen LogP contribution in [0.15, 0.2) is 6.20 Å². The molecule has 10 nitrogen and oxygen atoms in total. The van der Waals surface area contributed by atoms with Gasteiger partial charge in [0.15, 0.2) is 11.9 Å². The van der Waals surface area contributed by atoms with E-state index in [-0.39, 0.29) is 5.82 Å². The lowest BCUT2D eigenvalue weighted by Gasteiger charge is -2.22. The number of carbonyl (C=O) groups is 2. The van der Waals surface area contributed by atoms with Crippen molar-refractivity contribution >= 4 is 17.8 Å². The molecule has 0 saturated carbocycles. The van der Waals surface area contributed by atoms with Gasteiger partial charge in [-0.15, -0.1) is 0 Å². The largest absolute Gasteiger partial charge is 0.456 e. The van der Waals surface area contributed by atoms with Gasteiger partial charge in [0.1, 0.15) is 12.3 Å². The minimum atomic E-state index is -1.01. The second-order valence-corrected chi connectivity index (χ2v) is 5.41. The summed E-state index contributed by atoms with van der Waals surface area (Å²) in [5.74, 6) is -1.14. The summed E-state index contributed by atoms with van der Waals surface area (Å²) in [7, 11) is 0. The zero-order valence-corrected chi connectivity index (χ0v) is 13.8. The number of aromatic nitrogens is 2. The molecule has 1 aliphatic rings. The fraction of sp³-hybridized carbons (Fsp3) is 0.643. The Morgan fingerprint density at radius 1 is 1.33 bits per heavy atom. The van der Waals surface area contributed by atoms with Gasteiger partial charge in [0.25, 0.3) is 0 Å². The summed E-state index contributed by atoms with van der Waals surface area (Å²) in [6.07, 6.45) is -1.88. The summed E-state index contributed by atoms with van der Waals surface area (Å²) in [6, 6.07) is 0. The zero-order chi connectivity index (χ0) is 18.0.